The summed E-state index contributed by atoms with van der Waals surface area (Å²) in [6, 6.07) is 0. The summed E-state index contributed by atoms with van der Waals surface area (Å²) in [5.74, 6) is -0.306. The smallest absolute Gasteiger partial charge is 0.339 e. The Morgan fingerprint density at radius 3 is 3.10 bits per heavy atom. The molecule has 0 amide bonds. The first kappa shape index (κ1) is 6.81. The van der Waals surface area contributed by atoms with Gasteiger partial charge in [-0.3, -0.25) is 0 Å². The zero-order valence-electron chi connectivity index (χ0n) is 5.54. The molecule has 0 atom stereocenters. The molecular formula is C8H8O2. The van der Waals surface area contributed by atoms with E-state index < -0.39 is 0 Å². The third-order valence-corrected chi connectivity index (χ3v) is 1.22. The van der Waals surface area contributed by atoms with Gasteiger partial charge in [-0.1, -0.05) is 24.8 Å². The summed E-state index contributed by atoms with van der Waals surface area (Å²) in [6.07, 6.45) is 7.29. The summed E-state index contributed by atoms with van der Waals surface area (Å²) < 4.78 is 4.54. The Morgan fingerprint density at radius 2 is 2.60 bits per heavy atom. The number of esters is 1. The van der Waals surface area contributed by atoms with Crippen LogP contribution in [-0.2, 0) is 9.53 Å². The van der Waals surface area contributed by atoms with Crippen LogP contribution in [0.1, 0.15) is 6.42 Å². The van der Waals surface area contributed by atoms with Gasteiger partial charge in [0.25, 0.3) is 0 Å². The minimum absolute atomic E-state index is 0.306. The average Bonchev–Trinajstić information content (AvgIpc) is 2.38. The first-order chi connectivity index (χ1) is 4.84. The molecule has 0 bridgehead atoms. The molecule has 0 radical (unpaired) electrons. The Morgan fingerprint density at radius 1 is 1.80 bits per heavy atom. The van der Waals surface area contributed by atoms with Crippen LogP contribution in [0.15, 0.2) is 36.6 Å². The Balaban J connectivity index is 2.50. The first-order valence-corrected chi connectivity index (χ1v) is 3.02. The van der Waals surface area contributed by atoms with Crippen molar-refractivity contribution in [3.63, 3.8) is 0 Å². The largest absolute Gasteiger partial charge is 0.432 e. The van der Waals surface area contributed by atoms with E-state index in [0.29, 0.717) is 12.0 Å². The van der Waals surface area contributed by atoms with E-state index in [1.165, 1.54) is 0 Å². The molecule has 0 aromatic rings. The van der Waals surface area contributed by atoms with Crippen molar-refractivity contribution in [3.05, 3.63) is 36.6 Å². The minimum Gasteiger partial charge on any atom is -0.432 e. The molecule has 1 aliphatic rings. The van der Waals surface area contributed by atoms with Crippen LogP contribution in [0.2, 0.25) is 0 Å². The molecule has 1 aliphatic carbocycles. The van der Waals surface area contributed by atoms with E-state index in [4.69, 9.17) is 0 Å². The van der Waals surface area contributed by atoms with Crippen LogP contribution in [0, 0.1) is 0 Å². The number of rotatable bonds is 2. The van der Waals surface area contributed by atoms with Gasteiger partial charge in [-0.15, -0.1) is 0 Å². The van der Waals surface area contributed by atoms with Crippen molar-refractivity contribution in [1.82, 2.24) is 0 Å². The second kappa shape index (κ2) is 3.01. The fraction of sp³-hybridized carbons (Fsp3) is 0.125. The monoisotopic (exact) mass is 136 g/mol. The summed E-state index contributed by atoms with van der Waals surface area (Å²) in [4.78, 5) is 10.8. The van der Waals surface area contributed by atoms with Crippen molar-refractivity contribution in [1.29, 1.82) is 0 Å². The van der Waals surface area contributed by atoms with Gasteiger partial charge in [-0.05, 0) is 6.42 Å². The van der Waals surface area contributed by atoms with Gasteiger partial charge < -0.3 is 4.74 Å². The molecule has 0 aromatic carbocycles. The Bertz CT molecular complexity index is 211. The molecule has 0 fully saturated rings. The van der Waals surface area contributed by atoms with Gasteiger partial charge in [0, 0.05) is 5.57 Å². The second-order valence-electron chi connectivity index (χ2n) is 1.90. The molecule has 0 N–H and O–H groups in total. The van der Waals surface area contributed by atoms with E-state index in [1.54, 1.807) is 6.08 Å². The highest BCUT2D eigenvalue weighted by molar-refractivity contribution is 5.90. The molecule has 0 heterocycles. The molecule has 2 heteroatoms. The van der Waals surface area contributed by atoms with Crippen molar-refractivity contribution in [2.75, 3.05) is 0 Å². The summed E-state index contributed by atoms with van der Waals surface area (Å²) >= 11 is 0. The predicted octanol–water partition coefficient (Wildman–Crippen LogP) is 1.56. The third kappa shape index (κ3) is 1.35. The Hall–Kier alpha value is -1.31. The number of ether oxygens (including phenoxy) is 1. The van der Waals surface area contributed by atoms with E-state index in [-0.39, 0.29) is 5.97 Å². The molecule has 52 valence electrons. The number of hydrogen-bond donors (Lipinski definition) is 0. The fourth-order valence-electron chi connectivity index (χ4n) is 0.750. The number of carbonyl (C=O) groups is 1. The normalized spacial score (nSPS) is 14.6. The Kier molecular flexibility index (Phi) is 2.05. The van der Waals surface area contributed by atoms with Crippen molar-refractivity contribution in [2.45, 2.75) is 6.42 Å². The maximum absolute atomic E-state index is 10.8. The van der Waals surface area contributed by atoms with Gasteiger partial charge in [0.05, 0.1) is 6.26 Å². The Labute approximate surface area is 59.5 Å². The van der Waals surface area contributed by atoms with Crippen LogP contribution >= 0.6 is 0 Å². The minimum atomic E-state index is -0.306. The predicted molar refractivity (Wildman–Crippen MR) is 38.1 cm³/mol. The van der Waals surface area contributed by atoms with Crippen LogP contribution in [0.25, 0.3) is 0 Å². The van der Waals surface area contributed by atoms with Crippen molar-refractivity contribution in [2.24, 2.45) is 0 Å². The molecule has 2 nitrogen and oxygen atoms in total. The maximum Gasteiger partial charge on any atom is 0.339 e. The molecule has 0 aliphatic heterocycles. The molecule has 0 saturated carbocycles. The lowest BCUT2D eigenvalue weighted by Gasteiger charge is -1.96. The van der Waals surface area contributed by atoms with E-state index in [1.807, 2.05) is 12.2 Å². The quantitative estimate of drug-likeness (QED) is 0.425. The van der Waals surface area contributed by atoms with Gasteiger partial charge in [-0.2, -0.15) is 0 Å². The van der Waals surface area contributed by atoms with E-state index >= 15 is 0 Å². The summed E-state index contributed by atoms with van der Waals surface area (Å²) in [5, 5.41) is 0. The van der Waals surface area contributed by atoms with Crippen molar-refractivity contribution >= 4 is 5.97 Å². The summed E-state index contributed by atoms with van der Waals surface area (Å²) in [5.41, 5.74) is 0.680. The van der Waals surface area contributed by atoms with Gasteiger partial charge in [0.1, 0.15) is 0 Å². The fourth-order valence-corrected chi connectivity index (χ4v) is 0.750. The van der Waals surface area contributed by atoms with E-state index in [0.717, 1.165) is 6.26 Å². The van der Waals surface area contributed by atoms with E-state index in [2.05, 4.69) is 11.3 Å². The highest BCUT2D eigenvalue weighted by atomic mass is 16.5. The third-order valence-electron chi connectivity index (χ3n) is 1.22. The molecule has 10 heavy (non-hydrogen) atoms. The lowest BCUT2D eigenvalue weighted by Crippen LogP contribution is -2.01. The van der Waals surface area contributed by atoms with Crippen molar-refractivity contribution in [3.8, 4) is 0 Å². The van der Waals surface area contributed by atoms with Crippen LogP contribution in [0.5, 0.6) is 0 Å². The van der Waals surface area contributed by atoms with Gasteiger partial charge in [0.15, 0.2) is 0 Å². The number of carbonyl (C=O) groups excluding carboxylic acids is 1. The SMILES string of the molecule is C=COC(=O)C1=CC=CC1. The maximum atomic E-state index is 10.8. The van der Waals surface area contributed by atoms with Crippen LogP contribution < -0.4 is 0 Å². The zero-order chi connectivity index (χ0) is 7.40. The van der Waals surface area contributed by atoms with Crippen LogP contribution in [0.4, 0.5) is 0 Å². The van der Waals surface area contributed by atoms with Crippen molar-refractivity contribution < 1.29 is 9.53 Å². The van der Waals surface area contributed by atoms with Crippen LogP contribution in [-0.4, -0.2) is 5.97 Å². The second-order valence-corrected chi connectivity index (χ2v) is 1.90. The number of hydrogen-bond acceptors (Lipinski definition) is 2. The average molecular weight is 136 g/mol. The first-order valence-electron chi connectivity index (χ1n) is 3.02. The van der Waals surface area contributed by atoms with Gasteiger partial charge >= 0.3 is 5.97 Å². The highest BCUT2D eigenvalue weighted by Gasteiger charge is 2.09. The lowest BCUT2D eigenvalue weighted by molar-refractivity contribution is -0.133. The molecule has 0 unspecified atom stereocenters. The molecule has 0 aromatic heterocycles. The lowest BCUT2D eigenvalue weighted by atomic mass is 10.2. The molecule has 1 rings (SSSR count). The topological polar surface area (TPSA) is 26.3 Å². The van der Waals surface area contributed by atoms with Crippen LogP contribution in [0.3, 0.4) is 0 Å². The number of allylic oxidation sites excluding steroid dienone is 3. The standard InChI is InChI=1S/C8H8O2/c1-2-10-8(9)7-5-3-4-6-7/h2-5H,1,6H2. The van der Waals surface area contributed by atoms with E-state index in [9.17, 15) is 4.79 Å². The molecular weight excluding hydrogens is 128 g/mol. The molecule has 0 spiro atoms. The highest BCUT2D eigenvalue weighted by Crippen LogP contribution is 2.11. The summed E-state index contributed by atoms with van der Waals surface area (Å²) in [7, 11) is 0. The van der Waals surface area contributed by atoms with Gasteiger partial charge in [0.2, 0.25) is 0 Å². The molecule has 0 saturated heterocycles. The van der Waals surface area contributed by atoms with Gasteiger partial charge in [-0.25, -0.2) is 4.79 Å². The summed E-state index contributed by atoms with van der Waals surface area (Å²) in [6.45, 7) is 3.28. The zero-order valence-corrected chi connectivity index (χ0v) is 5.54.